The van der Waals surface area contributed by atoms with Crippen molar-refractivity contribution >= 4 is 0 Å². The molecular weight excluding hydrogens is 262 g/mol. The molecule has 1 unspecified atom stereocenters. The number of furan rings is 1. The first-order valence-corrected chi connectivity index (χ1v) is 8.32. The van der Waals surface area contributed by atoms with E-state index in [4.69, 9.17) is 4.42 Å². The standard InChI is InChI=1S/C17H29N3O/c1-13-14(10-18-15-6-7-15)9-17(21-13)12-19(2)11-16-5-4-8-20(16)3/h9,15-16,18H,4-8,10-12H2,1-3H3. The third-order valence-electron chi connectivity index (χ3n) is 4.85. The van der Waals surface area contributed by atoms with E-state index in [1.165, 1.54) is 37.8 Å². The fourth-order valence-electron chi connectivity index (χ4n) is 3.28. The Kier molecular flexibility index (Phi) is 4.67. The van der Waals surface area contributed by atoms with Crippen molar-refractivity contribution in [3.8, 4) is 0 Å². The van der Waals surface area contributed by atoms with Crippen LogP contribution in [-0.2, 0) is 13.1 Å². The summed E-state index contributed by atoms with van der Waals surface area (Å²) >= 11 is 0. The molecule has 0 amide bonds. The highest BCUT2D eigenvalue weighted by Gasteiger charge is 2.23. The van der Waals surface area contributed by atoms with Crippen LogP contribution in [-0.4, -0.2) is 49.1 Å². The molecule has 2 aliphatic rings. The normalized spacial score (nSPS) is 23.3. The van der Waals surface area contributed by atoms with E-state index in [1.54, 1.807) is 0 Å². The van der Waals surface area contributed by atoms with Gasteiger partial charge in [-0.25, -0.2) is 0 Å². The van der Waals surface area contributed by atoms with Gasteiger partial charge in [0, 0.05) is 30.7 Å². The molecule has 1 saturated heterocycles. The molecule has 1 aromatic rings. The summed E-state index contributed by atoms with van der Waals surface area (Å²) in [5.74, 6) is 2.17. The minimum atomic E-state index is 0.710. The minimum absolute atomic E-state index is 0.710. The molecule has 4 nitrogen and oxygen atoms in total. The van der Waals surface area contributed by atoms with Crippen molar-refractivity contribution in [3.63, 3.8) is 0 Å². The third kappa shape index (κ3) is 4.09. The molecule has 2 heterocycles. The van der Waals surface area contributed by atoms with Crippen molar-refractivity contribution < 1.29 is 4.42 Å². The van der Waals surface area contributed by atoms with Crippen molar-refractivity contribution in [2.75, 3.05) is 27.2 Å². The zero-order valence-corrected chi connectivity index (χ0v) is 13.7. The summed E-state index contributed by atoms with van der Waals surface area (Å²) < 4.78 is 5.93. The van der Waals surface area contributed by atoms with Crippen molar-refractivity contribution in [2.24, 2.45) is 0 Å². The van der Waals surface area contributed by atoms with Crippen LogP contribution in [0.4, 0.5) is 0 Å². The van der Waals surface area contributed by atoms with Gasteiger partial charge in [-0.15, -0.1) is 0 Å². The Balaban J connectivity index is 1.50. The molecule has 21 heavy (non-hydrogen) atoms. The highest BCUT2D eigenvalue weighted by atomic mass is 16.3. The van der Waals surface area contributed by atoms with Gasteiger partial charge in [-0.2, -0.15) is 0 Å². The SMILES string of the molecule is Cc1oc(CN(C)CC2CCCN2C)cc1CNC1CC1. The number of likely N-dealkylation sites (tertiary alicyclic amines) is 1. The zero-order valence-electron chi connectivity index (χ0n) is 13.7. The van der Waals surface area contributed by atoms with Crippen LogP contribution in [0.15, 0.2) is 10.5 Å². The van der Waals surface area contributed by atoms with Gasteiger partial charge in [0.25, 0.3) is 0 Å². The molecule has 4 heteroatoms. The van der Waals surface area contributed by atoms with Gasteiger partial charge in [0.05, 0.1) is 6.54 Å². The fraction of sp³-hybridized carbons (Fsp3) is 0.765. The molecule has 1 aliphatic heterocycles. The predicted molar refractivity (Wildman–Crippen MR) is 85.3 cm³/mol. The van der Waals surface area contributed by atoms with Crippen molar-refractivity contribution in [1.29, 1.82) is 0 Å². The van der Waals surface area contributed by atoms with Gasteiger partial charge in [-0.05, 0) is 59.3 Å². The van der Waals surface area contributed by atoms with Gasteiger partial charge in [-0.1, -0.05) is 0 Å². The summed E-state index contributed by atoms with van der Waals surface area (Å²) in [7, 11) is 4.44. The average Bonchev–Trinajstić information content (AvgIpc) is 3.09. The second-order valence-corrected chi connectivity index (χ2v) is 6.92. The van der Waals surface area contributed by atoms with Gasteiger partial charge >= 0.3 is 0 Å². The average molecular weight is 291 g/mol. The molecular formula is C17H29N3O. The molecule has 2 fully saturated rings. The first kappa shape index (κ1) is 15.1. The van der Waals surface area contributed by atoms with Gasteiger partial charge in [-0.3, -0.25) is 4.90 Å². The maximum absolute atomic E-state index is 5.93. The minimum Gasteiger partial charge on any atom is -0.465 e. The summed E-state index contributed by atoms with van der Waals surface area (Å²) in [5.41, 5.74) is 1.32. The molecule has 118 valence electrons. The monoisotopic (exact) mass is 291 g/mol. The molecule has 3 rings (SSSR count). The lowest BCUT2D eigenvalue weighted by molar-refractivity contribution is 0.205. The fourth-order valence-corrected chi connectivity index (χ4v) is 3.28. The van der Waals surface area contributed by atoms with E-state index in [-0.39, 0.29) is 0 Å². The Bertz CT molecular complexity index is 467. The largest absolute Gasteiger partial charge is 0.465 e. The molecule has 1 aliphatic carbocycles. The van der Waals surface area contributed by atoms with E-state index in [0.717, 1.165) is 37.2 Å². The summed E-state index contributed by atoms with van der Waals surface area (Å²) in [6.07, 6.45) is 5.34. The van der Waals surface area contributed by atoms with E-state index in [9.17, 15) is 0 Å². The van der Waals surface area contributed by atoms with E-state index < -0.39 is 0 Å². The van der Waals surface area contributed by atoms with Crippen LogP contribution >= 0.6 is 0 Å². The maximum Gasteiger partial charge on any atom is 0.118 e. The van der Waals surface area contributed by atoms with Crippen molar-refractivity contribution in [1.82, 2.24) is 15.1 Å². The second kappa shape index (κ2) is 6.51. The first-order valence-electron chi connectivity index (χ1n) is 8.32. The Morgan fingerprint density at radius 1 is 1.38 bits per heavy atom. The summed E-state index contributed by atoms with van der Waals surface area (Å²) in [6, 6.07) is 3.70. The van der Waals surface area contributed by atoms with Gasteiger partial charge in [0.2, 0.25) is 0 Å². The van der Waals surface area contributed by atoms with E-state index in [0.29, 0.717) is 6.04 Å². The van der Waals surface area contributed by atoms with Crippen molar-refractivity contribution in [2.45, 2.75) is 57.8 Å². The highest BCUT2D eigenvalue weighted by molar-refractivity contribution is 5.21. The van der Waals surface area contributed by atoms with Gasteiger partial charge < -0.3 is 14.6 Å². The molecule has 0 spiro atoms. The lowest BCUT2D eigenvalue weighted by Crippen LogP contribution is -2.36. The quantitative estimate of drug-likeness (QED) is 0.836. The van der Waals surface area contributed by atoms with Crippen LogP contribution in [0.5, 0.6) is 0 Å². The Labute approximate surface area is 128 Å². The number of aryl methyl sites for hydroxylation is 1. The summed E-state index contributed by atoms with van der Waals surface area (Å²) in [4.78, 5) is 4.87. The number of likely N-dealkylation sites (N-methyl/N-ethyl adjacent to an activating group) is 2. The Hall–Kier alpha value is -0.840. The lowest BCUT2D eigenvalue weighted by atomic mass is 10.2. The smallest absolute Gasteiger partial charge is 0.118 e. The van der Waals surface area contributed by atoms with Crippen LogP contribution in [0.2, 0.25) is 0 Å². The van der Waals surface area contributed by atoms with Crippen molar-refractivity contribution in [3.05, 3.63) is 23.2 Å². The lowest BCUT2D eigenvalue weighted by Gasteiger charge is -2.25. The predicted octanol–water partition coefficient (Wildman–Crippen LogP) is 2.37. The Morgan fingerprint density at radius 3 is 2.86 bits per heavy atom. The zero-order chi connectivity index (χ0) is 14.8. The van der Waals surface area contributed by atoms with E-state index >= 15 is 0 Å². The van der Waals surface area contributed by atoms with E-state index in [1.807, 2.05) is 0 Å². The van der Waals surface area contributed by atoms with Crippen LogP contribution in [0.1, 0.15) is 42.8 Å². The van der Waals surface area contributed by atoms with Crippen LogP contribution in [0.25, 0.3) is 0 Å². The maximum atomic E-state index is 5.93. The molecule has 1 aromatic heterocycles. The third-order valence-corrected chi connectivity index (χ3v) is 4.85. The molecule has 1 saturated carbocycles. The van der Waals surface area contributed by atoms with E-state index in [2.05, 4.69) is 42.2 Å². The molecule has 1 N–H and O–H groups in total. The molecule has 0 bridgehead atoms. The number of hydrogen-bond donors (Lipinski definition) is 1. The first-order chi connectivity index (χ1) is 10.1. The molecule has 0 radical (unpaired) electrons. The number of nitrogens with one attached hydrogen (secondary N) is 1. The van der Waals surface area contributed by atoms with Crippen LogP contribution in [0.3, 0.4) is 0 Å². The second-order valence-electron chi connectivity index (χ2n) is 6.92. The number of rotatable bonds is 7. The van der Waals surface area contributed by atoms with Gasteiger partial charge in [0.1, 0.15) is 11.5 Å². The number of nitrogens with zero attached hydrogens (tertiary/aromatic N) is 2. The molecule has 0 aromatic carbocycles. The van der Waals surface area contributed by atoms with Crippen LogP contribution < -0.4 is 5.32 Å². The topological polar surface area (TPSA) is 31.7 Å². The molecule has 1 atom stereocenters. The number of hydrogen-bond acceptors (Lipinski definition) is 4. The Morgan fingerprint density at radius 2 is 2.19 bits per heavy atom. The van der Waals surface area contributed by atoms with Gasteiger partial charge in [0.15, 0.2) is 0 Å². The highest BCUT2D eigenvalue weighted by Crippen LogP contribution is 2.22. The summed E-state index contributed by atoms with van der Waals surface area (Å²) in [6.45, 7) is 6.32. The summed E-state index contributed by atoms with van der Waals surface area (Å²) in [5, 5.41) is 3.56. The van der Waals surface area contributed by atoms with Crippen LogP contribution in [0, 0.1) is 6.92 Å².